The van der Waals surface area contributed by atoms with Crippen molar-refractivity contribution in [3.63, 3.8) is 0 Å². The molecule has 0 aromatic carbocycles. The second-order valence-corrected chi connectivity index (χ2v) is 10.4. The summed E-state index contributed by atoms with van der Waals surface area (Å²) in [5.74, 6) is -14.9. The number of hydrogen-bond acceptors (Lipinski definition) is 9. The molecule has 0 N–H and O–H groups in total. The largest absolute Gasteiger partial charge is 0.459 e. The van der Waals surface area contributed by atoms with Crippen molar-refractivity contribution in [2.75, 3.05) is 26.4 Å². The third-order valence-electron chi connectivity index (χ3n) is 6.70. The molecule has 4 fully saturated rings. The molecular formula is C23H27F7O9. The third kappa shape index (κ3) is 8.42. The van der Waals surface area contributed by atoms with Crippen molar-refractivity contribution < 1.29 is 73.6 Å². The lowest BCUT2D eigenvalue weighted by molar-refractivity contribution is -0.250. The van der Waals surface area contributed by atoms with Crippen LogP contribution in [0.15, 0.2) is 0 Å². The van der Waals surface area contributed by atoms with Gasteiger partial charge in [0.2, 0.25) is 0 Å². The van der Waals surface area contributed by atoms with Crippen LogP contribution >= 0.6 is 0 Å². The summed E-state index contributed by atoms with van der Waals surface area (Å²) in [6, 6.07) is 0. The minimum absolute atomic E-state index is 0.147. The highest BCUT2D eigenvalue weighted by molar-refractivity contribution is 5.79. The molecule has 2 atom stereocenters. The maximum Gasteiger partial charge on any atom is 0.395 e. The summed E-state index contributed by atoms with van der Waals surface area (Å²) in [5.41, 5.74) is -2.74. The highest BCUT2D eigenvalue weighted by Gasteiger charge is 2.63. The molecule has 4 bridgehead atoms. The summed E-state index contributed by atoms with van der Waals surface area (Å²) in [5, 5.41) is 0. The number of carbonyl (C=O) groups excluding carboxylic acids is 4. The molecule has 0 aromatic heterocycles. The molecule has 0 amide bonds. The van der Waals surface area contributed by atoms with Crippen molar-refractivity contribution in [1.82, 2.24) is 0 Å². The number of ether oxygens (including phenoxy) is 5. The van der Waals surface area contributed by atoms with Crippen LogP contribution in [0.5, 0.6) is 0 Å². The van der Waals surface area contributed by atoms with E-state index < -0.39 is 85.9 Å². The monoisotopic (exact) mass is 580 g/mol. The van der Waals surface area contributed by atoms with Gasteiger partial charge in [0, 0.05) is 13.3 Å². The normalized spacial score (nSPS) is 28.1. The van der Waals surface area contributed by atoms with E-state index in [4.69, 9.17) is 18.9 Å². The van der Waals surface area contributed by atoms with Gasteiger partial charge in [-0.3, -0.25) is 0 Å². The van der Waals surface area contributed by atoms with Gasteiger partial charge in [-0.1, -0.05) is 0 Å². The third-order valence-corrected chi connectivity index (χ3v) is 6.70. The van der Waals surface area contributed by atoms with Gasteiger partial charge < -0.3 is 23.7 Å². The lowest BCUT2D eigenvalue weighted by Gasteiger charge is -2.60. The fourth-order valence-electron chi connectivity index (χ4n) is 5.86. The van der Waals surface area contributed by atoms with E-state index >= 15 is 0 Å². The van der Waals surface area contributed by atoms with E-state index in [1.807, 2.05) is 0 Å². The molecule has 4 aliphatic rings. The number of esters is 4. The average molecular weight is 580 g/mol. The van der Waals surface area contributed by atoms with Gasteiger partial charge in [0.25, 0.3) is 0 Å². The minimum atomic E-state index is -5.29. The fourth-order valence-corrected chi connectivity index (χ4v) is 5.86. The number of rotatable bonds is 12. The minimum Gasteiger partial charge on any atom is -0.459 e. The summed E-state index contributed by atoms with van der Waals surface area (Å²) < 4.78 is 115. The Kier molecular flexibility index (Phi) is 8.78. The highest BCUT2D eigenvalue weighted by Crippen LogP contribution is 2.60. The molecule has 0 radical (unpaired) electrons. The summed E-state index contributed by atoms with van der Waals surface area (Å²) >= 11 is 0. The SMILES string of the molecule is CC(F)(F)C(=O)OCCOCC(=O)OCC(=O)OC12CC3CC(C1)CC(OC(=O)C(F)(F)CC(F)(F)F)(C3)C2. The Balaban J connectivity index is 1.48. The van der Waals surface area contributed by atoms with Crippen LogP contribution < -0.4 is 0 Å². The van der Waals surface area contributed by atoms with Gasteiger partial charge in [0.1, 0.15) is 30.8 Å². The second-order valence-electron chi connectivity index (χ2n) is 10.4. The lowest BCUT2D eigenvalue weighted by Crippen LogP contribution is -2.62. The van der Waals surface area contributed by atoms with E-state index in [1.165, 1.54) is 0 Å². The molecule has 2 unspecified atom stereocenters. The standard InChI is InChI=1S/C23H27F7O9/c1-19(24,25)17(33)36-3-2-35-9-15(31)37-10-16(32)38-20-5-13-4-14(6-20)8-21(7-13,11-20)39-18(34)22(26,27)12-23(28,29)30/h13-14H,2-12H2,1H3. The van der Waals surface area contributed by atoms with Gasteiger partial charge in [-0.05, 0) is 43.9 Å². The zero-order valence-corrected chi connectivity index (χ0v) is 20.8. The zero-order chi connectivity index (χ0) is 29.3. The van der Waals surface area contributed by atoms with Crippen LogP contribution in [0.25, 0.3) is 0 Å². The first-order valence-corrected chi connectivity index (χ1v) is 12.0. The molecule has 9 nitrogen and oxygen atoms in total. The highest BCUT2D eigenvalue weighted by atomic mass is 19.4. The van der Waals surface area contributed by atoms with Crippen LogP contribution in [0.1, 0.15) is 51.9 Å². The Morgan fingerprint density at radius 1 is 0.744 bits per heavy atom. The van der Waals surface area contributed by atoms with Crippen molar-refractivity contribution in [3.05, 3.63) is 0 Å². The van der Waals surface area contributed by atoms with Crippen molar-refractivity contribution in [2.24, 2.45) is 11.8 Å². The summed E-state index contributed by atoms with van der Waals surface area (Å²) in [7, 11) is 0. The van der Waals surface area contributed by atoms with Gasteiger partial charge in [-0.15, -0.1) is 0 Å². The predicted molar refractivity (Wildman–Crippen MR) is 111 cm³/mol. The Morgan fingerprint density at radius 2 is 1.31 bits per heavy atom. The van der Waals surface area contributed by atoms with Crippen LogP contribution in [0.4, 0.5) is 30.7 Å². The maximum absolute atomic E-state index is 13.9. The molecule has 222 valence electrons. The average Bonchev–Trinajstić information content (AvgIpc) is 2.73. The molecule has 4 rings (SSSR count). The lowest BCUT2D eigenvalue weighted by atomic mass is 9.52. The molecule has 0 spiro atoms. The smallest absolute Gasteiger partial charge is 0.395 e. The molecular weight excluding hydrogens is 553 g/mol. The second kappa shape index (κ2) is 11.1. The molecule has 0 saturated heterocycles. The van der Waals surface area contributed by atoms with Gasteiger partial charge >= 0.3 is 41.9 Å². The first-order chi connectivity index (χ1) is 17.8. The molecule has 16 heteroatoms. The van der Waals surface area contributed by atoms with Gasteiger partial charge in [0.15, 0.2) is 6.61 Å². The number of carbonyl (C=O) groups is 4. The van der Waals surface area contributed by atoms with Gasteiger partial charge in [-0.2, -0.15) is 30.7 Å². The molecule has 0 heterocycles. The van der Waals surface area contributed by atoms with E-state index in [9.17, 15) is 49.9 Å². The van der Waals surface area contributed by atoms with Crippen LogP contribution in [-0.2, 0) is 42.9 Å². The van der Waals surface area contributed by atoms with Gasteiger partial charge in [0.05, 0.1) is 6.61 Å². The van der Waals surface area contributed by atoms with E-state index in [0.717, 1.165) is 0 Å². The van der Waals surface area contributed by atoms with E-state index in [0.29, 0.717) is 26.2 Å². The summed E-state index contributed by atoms with van der Waals surface area (Å²) in [6.07, 6.45) is -6.55. The topological polar surface area (TPSA) is 114 Å². The molecule has 0 aromatic rings. The Bertz CT molecular complexity index is 947. The first kappa shape index (κ1) is 30.9. The zero-order valence-electron chi connectivity index (χ0n) is 20.8. The van der Waals surface area contributed by atoms with Crippen molar-refractivity contribution in [2.45, 2.75) is 81.1 Å². The molecule has 4 aliphatic carbocycles. The summed E-state index contributed by atoms with van der Waals surface area (Å²) in [6.45, 7) is -2.17. The predicted octanol–water partition coefficient (Wildman–Crippen LogP) is 3.51. The van der Waals surface area contributed by atoms with E-state index in [1.54, 1.807) is 0 Å². The summed E-state index contributed by atoms with van der Waals surface area (Å²) in [4.78, 5) is 47.1. The molecule has 4 saturated carbocycles. The fraction of sp³-hybridized carbons (Fsp3) is 0.826. The van der Waals surface area contributed by atoms with Gasteiger partial charge in [-0.25, -0.2) is 19.2 Å². The number of hydrogen-bond donors (Lipinski definition) is 0. The van der Waals surface area contributed by atoms with Crippen LogP contribution in [0, 0.1) is 11.8 Å². The van der Waals surface area contributed by atoms with Crippen molar-refractivity contribution in [1.29, 1.82) is 0 Å². The molecule has 0 aliphatic heterocycles. The Labute approximate surface area is 217 Å². The Hall–Kier alpha value is -2.65. The van der Waals surface area contributed by atoms with E-state index in [2.05, 4.69) is 4.74 Å². The van der Waals surface area contributed by atoms with Crippen molar-refractivity contribution in [3.8, 4) is 0 Å². The first-order valence-electron chi connectivity index (χ1n) is 12.0. The van der Waals surface area contributed by atoms with Crippen LogP contribution in [-0.4, -0.2) is 79.5 Å². The Morgan fingerprint density at radius 3 is 1.85 bits per heavy atom. The quantitative estimate of drug-likeness (QED) is 0.148. The van der Waals surface area contributed by atoms with E-state index in [-0.39, 0.29) is 31.1 Å². The number of alkyl halides is 7. The maximum atomic E-state index is 13.9. The molecule has 39 heavy (non-hydrogen) atoms. The van der Waals surface area contributed by atoms with Crippen LogP contribution in [0.2, 0.25) is 0 Å². The van der Waals surface area contributed by atoms with Crippen molar-refractivity contribution >= 4 is 23.9 Å². The number of halogens is 7. The van der Waals surface area contributed by atoms with Crippen LogP contribution in [0.3, 0.4) is 0 Å².